The minimum Gasteiger partial charge on any atom is -0.495 e. The molecule has 2 heterocycles. The topological polar surface area (TPSA) is 102 Å². The first-order valence-corrected chi connectivity index (χ1v) is 14.5. The average Bonchev–Trinajstić information content (AvgIpc) is 3.45. The number of sulfonamides is 1. The minimum atomic E-state index is -3.83. The maximum Gasteiger partial charge on any atom is 0.264 e. The molecule has 5 rings (SSSR count). The molecule has 0 N–H and O–H groups in total. The number of nitrogens with zero attached hydrogens (tertiary/aromatic N) is 4. The van der Waals surface area contributed by atoms with Crippen molar-refractivity contribution in [1.29, 1.82) is 0 Å². The number of para-hydroxylation sites is 1. The lowest BCUT2D eigenvalue weighted by Gasteiger charge is -2.21. The van der Waals surface area contributed by atoms with Gasteiger partial charge in [-0.1, -0.05) is 35.6 Å². The first-order valence-electron chi connectivity index (χ1n) is 12.2. The smallest absolute Gasteiger partial charge is 0.264 e. The quantitative estimate of drug-likeness (QED) is 0.233. The molecule has 0 aliphatic carbocycles. The summed E-state index contributed by atoms with van der Waals surface area (Å²) in [6, 6.07) is 21.9. The Morgan fingerprint density at radius 1 is 0.900 bits per heavy atom. The largest absolute Gasteiger partial charge is 0.495 e. The van der Waals surface area contributed by atoms with Crippen molar-refractivity contribution in [3.8, 4) is 11.5 Å². The fourth-order valence-corrected chi connectivity index (χ4v) is 6.42. The lowest BCUT2D eigenvalue weighted by molar-refractivity contribution is 0.0985. The van der Waals surface area contributed by atoms with Crippen molar-refractivity contribution in [3.63, 3.8) is 0 Å². The van der Waals surface area contributed by atoms with Gasteiger partial charge in [0.05, 0.1) is 31.3 Å². The van der Waals surface area contributed by atoms with E-state index in [1.807, 2.05) is 12.1 Å². The maximum atomic E-state index is 13.9. The van der Waals surface area contributed by atoms with Crippen molar-refractivity contribution in [3.05, 3.63) is 102 Å². The highest BCUT2D eigenvalue weighted by atomic mass is 32.2. The summed E-state index contributed by atoms with van der Waals surface area (Å²) in [5.74, 6) is 0.829. The van der Waals surface area contributed by atoms with Crippen molar-refractivity contribution in [1.82, 2.24) is 9.97 Å². The van der Waals surface area contributed by atoms with Crippen LogP contribution in [0.15, 0.2) is 96.2 Å². The molecule has 0 spiro atoms. The van der Waals surface area contributed by atoms with Crippen LogP contribution in [0.3, 0.4) is 0 Å². The zero-order valence-corrected chi connectivity index (χ0v) is 23.6. The van der Waals surface area contributed by atoms with Crippen LogP contribution in [-0.2, 0) is 16.6 Å². The maximum absolute atomic E-state index is 13.9. The lowest BCUT2D eigenvalue weighted by atomic mass is 10.2. The average molecular weight is 575 g/mol. The van der Waals surface area contributed by atoms with Gasteiger partial charge in [-0.15, -0.1) is 0 Å². The molecule has 9 nitrogen and oxygen atoms in total. The molecule has 204 valence electrons. The first-order chi connectivity index (χ1) is 19.3. The number of ether oxygens (including phenoxy) is 2. The summed E-state index contributed by atoms with van der Waals surface area (Å²) < 4.78 is 39.4. The summed E-state index contributed by atoms with van der Waals surface area (Å²) in [5.41, 5.74) is 2.23. The van der Waals surface area contributed by atoms with E-state index in [0.29, 0.717) is 33.4 Å². The van der Waals surface area contributed by atoms with Gasteiger partial charge in [0.1, 0.15) is 21.7 Å². The van der Waals surface area contributed by atoms with Crippen LogP contribution in [-0.4, -0.2) is 45.6 Å². The van der Waals surface area contributed by atoms with Crippen LogP contribution >= 0.6 is 11.3 Å². The molecule has 5 aromatic rings. The first kappa shape index (κ1) is 27.1. The number of fused-ring (bicyclic) bond motifs is 1. The van der Waals surface area contributed by atoms with Crippen LogP contribution in [0.1, 0.15) is 15.9 Å². The van der Waals surface area contributed by atoms with E-state index in [4.69, 9.17) is 14.5 Å². The Bertz CT molecular complexity index is 1700. The number of rotatable bonds is 9. The predicted molar refractivity (Wildman–Crippen MR) is 156 cm³/mol. The molecular formula is C29H26N4O5S2. The van der Waals surface area contributed by atoms with Gasteiger partial charge in [-0.2, -0.15) is 0 Å². The summed E-state index contributed by atoms with van der Waals surface area (Å²) in [7, 11) is 0.802. The van der Waals surface area contributed by atoms with Gasteiger partial charge >= 0.3 is 0 Å². The van der Waals surface area contributed by atoms with Crippen molar-refractivity contribution in [2.75, 3.05) is 30.5 Å². The molecule has 0 radical (unpaired) electrons. The molecule has 0 unspecified atom stereocenters. The number of carbonyl (C=O) groups is 1. The second kappa shape index (κ2) is 11.3. The number of amides is 1. The fraction of sp³-hybridized carbons (Fsp3) is 0.138. The molecule has 1 amide bonds. The standard InChI is InChI=1S/C29H26N4O5S2/c1-32(22-9-5-4-6-10-22)40(35,36)23-13-11-21(12-14-23)28(34)33(19-20-8-7-17-30-18-20)29-31-26-24(37-2)15-16-25(38-3)27(26)39-29/h4-18H,19H2,1-3H3. The Labute approximate surface area is 236 Å². The highest BCUT2D eigenvalue weighted by Crippen LogP contribution is 2.40. The molecule has 0 saturated heterocycles. The third-order valence-corrected chi connectivity index (χ3v) is 9.21. The third-order valence-electron chi connectivity index (χ3n) is 6.32. The molecule has 0 saturated carbocycles. The SMILES string of the molecule is COc1ccc(OC)c2sc(N(Cc3cccnc3)C(=O)c3ccc(S(=O)(=O)N(C)c4ccccc4)cc3)nc12. The van der Waals surface area contributed by atoms with Crippen LogP contribution in [0.5, 0.6) is 11.5 Å². The number of thiazole rings is 1. The van der Waals surface area contributed by atoms with Gasteiger partial charge in [-0.3, -0.25) is 19.0 Å². The number of benzene rings is 3. The zero-order chi connectivity index (χ0) is 28.3. The molecule has 3 aromatic carbocycles. The molecule has 0 atom stereocenters. The third kappa shape index (κ3) is 5.21. The van der Waals surface area contributed by atoms with Crippen LogP contribution in [0.25, 0.3) is 10.2 Å². The van der Waals surface area contributed by atoms with Crippen molar-refractivity contribution < 1.29 is 22.7 Å². The monoisotopic (exact) mass is 574 g/mol. The van der Waals surface area contributed by atoms with Crippen LogP contribution in [0.2, 0.25) is 0 Å². The van der Waals surface area contributed by atoms with E-state index in [1.165, 1.54) is 47.0 Å². The number of aromatic nitrogens is 2. The van der Waals surface area contributed by atoms with E-state index in [2.05, 4.69) is 4.98 Å². The summed E-state index contributed by atoms with van der Waals surface area (Å²) in [6.45, 7) is 0.202. The lowest BCUT2D eigenvalue weighted by Crippen LogP contribution is -2.30. The number of hydrogen-bond donors (Lipinski definition) is 0. The number of methoxy groups -OCH3 is 2. The minimum absolute atomic E-state index is 0.0728. The summed E-state index contributed by atoms with van der Waals surface area (Å²) >= 11 is 1.30. The summed E-state index contributed by atoms with van der Waals surface area (Å²) in [6.07, 6.45) is 3.35. The van der Waals surface area contributed by atoms with E-state index in [1.54, 1.807) is 74.0 Å². The summed E-state index contributed by atoms with van der Waals surface area (Å²) in [5, 5.41) is 0.437. The normalized spacial score (nSPS) is 11.3. The zero-order valence-electron chi connectivity index (χ0n) is 22.0. The van der Waals surface area contributed by atoms with Crippen LogP contribution in [0.4, 0.5) is 10.8 Å². The van der Waals surface area contributed by atoms with E-state index < -0.39 is 10.0 Å². The molecule has 40 heavy (non-hydrogen) atoms. The fourth-order valence-electron chi connectivity index (χ4n) is 4.15. The van der Waals surface area contributed by atoms with E-state index in [9.17, 15) is 13.2 Å². The molecule has 2 aromatic heterocycles. The molecule has 0 aliphatic heterocycles. The van der Waals surface area contributed by atoms with E-state index in [-0.39, 0.29) is 17.3 Å². The van der Waals surface area contributed by atoms with Crippen molar-refractivity contribution in [2.45, 2.75) is 11.4 Å². The highest BCUT2D eigenvalue weighted by Gasteiger charge is 2.26. The van der Waals surface area contributed by atoms with Gasteiger partial charge in [0.25, 0.3) is 15.9 Å². The Kier molecular flexibility index (Phi) is 7.67. The number of carbonyl (C=O) groups excluding carboxylic acids is 1. The highest BCUT2D eigenvalue weighted by molar-refractivity contribution is 7.92. The van der Waals surface area contributed by atoms with Gasteiger partial charge < -0.3 is 9.47 Å². The van der Waals surface area contributed by atoms with Crippen molar-refractivity contribution in [2.24, 2.45) is 0 Å². The molecular weight excluding hydrogens is 548 g/mol. The van der Waals surface area contributed by atoms with E-state index in [0.717, 1.165) is 10.3 Å². The van der Waals surface area contributed by atoms with Crippen LogP contribution in [0, 0.1) is 0 Å². The Hall–Kier alpha value is -4.48. The molecule has 11 heteroatoms. The number of anilines is 2. The Morgan fingerprint density at radius 2 is 1.60 bits per heavy atom. The van der Waals surface area contributed by atoms with Gasteiger partial charge in [-0.05, 0) is 60.2 Å². The predicted octanol–water partition coefficient (Wildman–Crippen LogP) is 5.38. The van der Waals surface area contributed by atoms with Gasteiger partial charge in [0.2, 0.25) is 0 Å². The van der Waals surface area contributed by atoms with E-state index >= 15 is 0 Å². The molecule has 0 aliphatic rings. The summed E-state index contributed by atoms with van der Waals surface area (Å²) in [4.78, 5) is 24.4. The number of hydrogen-bond acceptors (Lipinski definition) is 8. The Balaban J connectivity index is 1.52. The number of pyridine rings is 1. The molecule has 0 bridgehead atoms. The van der Waals surface area contributed by atoms with Crippen molar-refractivity contribution >= 4 is 48.3 Å². The Morgan fingerprint density at radius 3 is 2.25 bits per heavy atom. The van der Waals surface area contributed by atoms with Crippen LogP contribution < -0.4 is 18.7 Å². The van der Waals surface area contributed by atoms with Gasteiger partial charge in [0.15, 0.2) is 5.13 Å². The molecule has 0 fully saturated rings. The van der Waals surface area contributed by atoms with Gasteiger partial charge in [-0.25, -0.2) is 13.4 Å². The second-order valence-corrected chi connectivity index (χ2v) is 11.7. The van der Waals surface area contributed by atoms with Gasteiger partial charge in [0, 0.05) is 25.0 Å². The second-order valence-electron chi connectivity index (χ2n) is 8.73.